The van der Waals surface area contributed by atoms with E-state index in [4.69, 9.17) is 11.5 Å². The molecule has 0 rings (SSSR count). The maximum Gasteiger partial charge on any atom is 0.382 e. The fraction of sp³-hybridized carbons (Fsp3) is 0.581. The van der Waals surface area contributed by atoms with Gasteiger partial charge in [-0.3, -0.25) is 0 Å². The van der Waals surface area contributed by atoms with E-state index in [1.165, 1.54) is 51.4 Å². The van der Waals surface area contributed by atoms with Gasteiger partial charge in [-0.25, -0.2) is 4.79 Å². The summed E-state index contributed by atoms with van der Waals surface area (Å²) in [4.78, 5) is 10.2. The minimum absolute atomic E-state index is 0.748. The van der Waals surface area contributed by atoms with Crippen molar-refractivity contribution in [1.29, 1.82) is 0 Å². The van der Waals surface area contributed by atoms with Crippen LogP contribution in [0.25, 0.3) is 0 Å². The van der Waals surface area contributed by atoms with Gasteiger partial charge in [0.05, 0.1) is 0 Å². The molecule has 0 amide bonds. The third kappa shape index (κ3) is 27.4. The Hall–Kier alpha value is -2.67. The Morgan fingerprint density at radius 3 is 1.91 bits per heavy atom. The number of allylic oxidation sites excluding steroid dienone is 5. The van der Waals surface area contributed by atoms with E-state index in [0.717, 1.165) is 57.8 Å². The van der Waals surface area contributed by atoms with E-state index >= 15 is 0 Å². The molecule has 0 spiro atoms. The lowest BCUT2D eigenvalue weighted by atomic mass is 10.1. The van der Waals surface area contributed by atoms with E-state index in [1.54, 1.807) is 12.2 Å². The fourth-order valence-electron chi connectivity index (χ4n) is 3.36. The van der Waals surface area contributed by atoms with Crippen LogP contribution in [0.2, 0.25) is 0 Å². The predicted octanol–water partition coefficient (Wildman–Crippen LogP) is 7.37. The monoisotopic (exact) mass is 464 g/mol. The summed E-state index contributed by atoms with van der Waals surface area (Å²) in [6.45, 7) is 0. The van der Waals surface area contributed by atoms with Crippen LogP contribution in [0.3, 0.4) is 0 Å². The number of rotatable bonds is 19. The molecule has 2 N–H and O–H groups in total. The van der Waals surface area contributed by atoms with Crippen LogP contribution in [-0.4, -0.2) is 22.3 Å². The highest BCUT2D eigenvalue weighted by atomic mass is 16.4. The number of aliphatic hydroxyl groups excluding tert-OH is 1. The molecule has 0 aliphatic carbocycles. The zero-order valence-electron chi connectivity index (χ0n) is 20.9. The maximum atomic E-state index is 10.2. The first kappa shape index (κ1) is 31.3. The average Bonchev–Trinajstić information content (AvgIpc) is 2.83. The third-order valence-corrected chi connectivity index (χ3v) is 5.30. The summed E-state index contributed by atoms with van der Waals surface area (Å²) in [6.07, 6.45) is 35.9. The first-order valence-electron chi connectivity index (χ1n) is 13.0. The molecule has 0 saturated heterocycles. The SMILES string of the molecule is C#C[C@H](O)/C=C/CCCCCC#CCC=CCCCCCCCCCCC/C=C/C#CC(=O)O. The van der Waals surface area contributed by atoms with Gasteiger partial charge < -0.3 is 10.2 Å². The van der Waals surface area contributed by atoms with Crippen molar-refractivity contribution in [2.24, 2.45) is 0 Å². The Labute approximate surface area is 208 Å². The van der Waals surface area contributed by atoms with Gasteiger partial charge in [-0.05, 0) is 57.1 Å². The molecule has 0 aliphatic heterocycles. The molecule has 0 aromatic rings. The van der Waals surface area contributed by atoms with Gasteiger partial charge in [-0.1, -0.05) is 93.4 Å². The van der Waals surface area contributed by atoms with E-state index < -0.39 is 12.1 Å². The summed E-state index contributed by atoms with van der Waals surface area (Å²) in [5.41, 5.74) is 0. The summed E-state index contributed by atoms with van der Waals surface area (Å²) < 4.78 is 0. The lowest BCUT2D eigenvalue weighted by Crippen LogP contribution is -1.95. The van der Waals surface area contributed by atoms with Crippen molar-refractivity contribution in [3.63, 3.8) is 0 Å². The van der Waals surface area contributed by atoms with Crippen molar-refractivity contribution in [1.82, 2.24) is 0 Å². The summed E-state index contributed by atoms with van der Waals surface area (Å²) in [6, 6.07) is 0. The first-order valence-corrected chi connectivity index (χ1v) is 13.0. The standard InChI is InChI=1S/C31H44O3/c1-2-30(32)28-26-24-22-20-18-16-14-12-10-8-6-4-3-5-7-9-11-13-15-17-19-21-23-25-27-29-31(33)34/h1,6,8,23,25-26,28,30,32H,3-5,7,9-11,13,15-22,24H2,(H,33,34)/b8-6?,25-23+,28-26+/t30-/m0/s1. The molecule has 0 aromatic carbocycles. The molecule has 3 nitrogen and oxygen atoms in total. The number of carboxylic acid groups (broad SMARTS) is 1. The average molecular weight is 465 g/mol. The van der Waals surface area contributed by atoms with Crippen molar-refractivity contribution >= 4 is 5.97 Å². The van der Waals surface area contributed by atoms with E-state index in [2.05, 4.69) is 41.8 Å². The molecule has 1 atom stereocenters. The Kier molecular flexibility index (Phi) is 24.5. The summed E-state index contributed by atoms with van der Waals surface area (Å²) >= 11 is 0. The zero-order valence-corrected chi connectivity index (χ0v) is 20.9. The Morgan fingerprint density at radius 2 is 1.29 bits per heavy atom. The quantitative estimate of drug-likeness (QED) is 0.119. The zero-order chi connectivity index (χ0) is 25.0. The number of carboxylic acids is 1. The number of unbranched alkanes of at least 4 members (excludes halogenated alkanes) is 14. The van der Waals surface area contributed by atoms with Crippen molar-refractivity contribution in [3.05, 3.63) is 36.5 Å². The molecular weight excluding hydrogens is 420 g/mol. The van der Waals surface area contributed by atoms with Crippen molar-refractivity contribution in [2.45, 2.75) is 115 Å². The van der Waals surface area contributed by atoms with Gasteiger partial charge in [-0.2, -0.15) is 0 Å². The van der Waals surface area contributed by atoms with E-state index in [9.17, 15) is 9.90 Å². The Bertz CT molecular complexity index is 744. The number of carbonyl (C=O) groups is 1. The molecule has 3 heteroatoms. The molecule has 0 unspecified atom stereocenters. The van der Waals surface area contributed by atoms with Crippen LogP contribution in [0.5, 0.6) is 0 Å². The highest BCUT2D eigenvalue weighted by molar-refractivity contribution is 5.86. The third-order valence-electron chi connectivity index (χ3n) is 5.30. The molecular formula is C31H44O3. The largest absolute Gasteiger partial charge is 0.472 e. The number of aliphatic hydroxyl groups is 1. The molecule has 186 valence electrons. The highest BCUT2D eigenvalue weighted by Gasteiger charge is 1.92. The molecule has 0 bridgehead atoms. The van der Waals surface area contributed by atoms with E-state index in [1.807, 2.05) is 12.2 Å². The van der Waals surface area contributed by atoms with E-state index in [-0.39, 0.29) is 0 Å². The topological polar surface area (TPSA) is 57.5 Å². The molecule has 0 radical (unpaired) electrons. The first-order chi connectivity index (χ1) is 16.7. The minimum atomic E-state index is -1.08. The second kappa shape index (κ2) is 26.6. The van der Waals surface area contributed by atoms with Gasteiger partial charge in [0.2, 0.25) is 0 Å². The van der Waals surface area contributed by atoms with Crippen LogP contribution in [0.15, 0.2) is 36.5 Å². The van der Waals surface area contributed by atoms with Gasteiger partial charge in [0, 0.05) is 18.8 Å². The summed E-state index contributed by atoms with van der Waals surface area (Å²) in [5.74, 6) is 12.2. The lowest BCUT2D eigenvalue weighted by molar-refractivity contribution is -0.130. The highest BCUT2D eigenvalue weighted by Crippen LogP contribution is 2.11. The smallest absolute Gasteiger partial charge is 0.382 e. The number of terminal acetylenes is 1. The minimum Gasteiger partial charge on any atom is -0.472 e. The Balaban J connectivity index is 3.32. The number of hydrogen-bond acceptors (Lipinski definition) is 2. The van der Waals surface area contributed by atoms with Crippen LogP contribution in [0.1, 0.15) is 109 Å². The van der Waals surface area contributed by atoms with Crippen LogP contribution in [-0.2, 0) is 4.79 Å². The maximum absolute atomic E-state index is 10.2. The lowest BCUT2D eigenvalue weighted by Gasteiger charge is -2.01. The molecule has 0 saturated carbocycles. The van der Waals surface area contributed by atoms with Gasteiger partial charge in [-0.15, -0.1) is 12.3 Å². The van der Waals surface area contributed by atoms with Crippen LogP contribution < -0.4 is 0 Å². The Morgan fingerprint density at radius 1 is 0.735 bits per heavy atom. The summed E-state index contributed by atoms with van der Waals surface area (Å²) in [5, 5.41) is 17.6. The number of aliphatic carboxylic acids is 1. The fourth-order valence-corrected chi connectivity index (χ4v) is 3.36. The molecule has 0 fully saturated rings. The van der Waals surface area contributed by atoms with Gasteiger partial charge in [0.15, 0.2) is 0 Å². The second-order valence-corrected chi connectivity index (χ2v) is 8.40. The molecule has 0 aliphatic rings. The molecule has 34 heavy (non-hydrogen) atoms. The van der Waals surface area contributed by atoms with Crippen molar-refractivity contribution in [2.75, 3.05) is 0 Å². The van der Waals surface area contributed by atoms with E-state index in [0.29, 0.717) is 0 Å². The van der Waals surface area contributed by atoms with Crippen LogP contribution in [0, 0.1) is 36.0 Å². The second-order valence-electron chi connectivity index (χ2n) is 8.40. The normalized spacial score (nSPS) is 11.8. The summed E-state index contributed by atoms with van der Waals surface area (Å²) in [7, 11) is 0. The van der Waals surface area contributed by atoms with Crippen LogP contribution >= 0.6 is 0 Å². The van der Waals surface area contributed by atoms with Gasteiger partial charge >= 0.3 is 5.97 Å². The van der Waals surface area contributed by atoms with Crippen LogP contribution in [0.4, 0.5) is 0 Å². The predicted molar refractivity (Wildman–Crippen MR) is 144 cm³/mol. The number of hydrogen-bond donors (Lipinski definition) is 2. The van der Waals surface area contributed by atoms with Crippen molar-refractivity contribution < 1.29 is 15.0 Å². The van der Waals surface area contributed by atoms with Gasteiger partial charge in [0.1, 0.15) is 6.10 Å². The molecule has 0 heterocycles. The van der Waals surface area contributed by atoms with Gasteiger partial charge in [0.25, 0.3) is 0 Å². The van der Waals surface area contributed by atoms with Crippen molar-refractivity contribution in [3.8, 4) is 36.0 Å². The molecule has 0 aromatic heterocycles.